The van der Waals surface area contributed by atoms with Crippen LogP contribution in [0.25, 0.3) is 0 Å². The predicted octanol–water partition coefficient (Wildman–Crippen LogP) is 3.80. The number of anilines is 1. The lowest BCUT2D eigenvalue weighted by Crippen LogP contribution is -2.45. The smallest absolute Gasteiger partial charge is 0.241 e. The van der Waals surface area contributed by atoms with Crippen molar-refractivity contribution in [2.45, 2.75) is 52.7 Å². The van der Waals surface area contributed by atoms with E-state index in [1.54, 1.807) is 6.07 Å². The zero-order valence-corrected chi connectivity index (χ0v) is 19.3. The Hall–Kier alpha value is -2.54. The minimum absolute atomic E-state index is 0.254. The van der Waals surface area contributed by atoms with Gasteiger partial charge in [0.15, 0.2) is 0 Å². The number of nitrogens with zero attached hydrogens (tertiary/aromatic N) is 1. The van der Waals surface area contributed by atoms with Crippen LogP contribution in [0.2, 0.25) is 0 Å². The highest BCUT2D eigenvalue weighted by atomic mass is 32.2. The molecule has 0 saturated carbocycles. The minimum Gasteiger partial charge on any atom is -0.487 e. The number of sulfonamides is 1. The second-order valence-corrected chi connectivity index (χ2v) is 10.7. The van der Waals surface area contributed by atoms with E-state index in [4.69, 9.17) is 4.74 Å². The van der Waals surface area contributed by atoms with Crippen molar-refractivity contribution in [3.63, 3.8) is 0 Å². The van der Waals surface area contributed by atoms with E-state index in [1.165, 1.54) is 4.31 Å². The average molecular weight is 431 g/mol. The number of aryl methyl sites for hydroxylation is 3. The molecule has 0 bridgehead atoms. The molecule has 0 fully saturated rings. The second-order valence-electron chi connectivity index (χ2n) is 8.79. The molecule has 30 heavy (non-hydrogen) atoms. The maximum absolute atomic E-state index is 13.0. The van der Waals surface area contributed by atoms with Gasteiger partial charge in [0.05, 0.1) is 18.0 Å². The summed E-state index contributed by atoms with van der Waals surface area (Å²) in [5, 5.41) is 3.04. The Balaban J connectivity index is 1.88. The Labute approximate surface area is 179 Å². The lowest BCUT2D eigenvalue weighted by Gasteiger charge is -2.38. The van der Waals surface area contributed by atoms with Gasteiger partial charge in [0.1, 0.15) is 17.9 Å². The highest BCUT2D eigenvalue weighted by Gasteiger charge is 2.35. The number of carbonyl (C=O) groups excluding carboxylic acids is 1. The average Bonchev–Trinajstić information content (AvgIpc) is 2.61. The number of ether oxygens (including phenoxy) is 1. The van der Waals surface area contributed by atoms with Gasteiger partial charge < -0.3 is 10.1 Å². The zero-order valence-electron chi connectivity index (χ0n) is 18.4. The molecule has 0 aromatic heterocycles. The molecule has 7 heteroatoms. The van der Waals surface area contributed by atoms with Crippen molar-refractivity contribution in [1.82, 2.24) is 5.32 Å². The van der Waals surface area contributed by atoms with Gasteiger partial charge in [-0.05, 0) is 57.9 Å². The first-order valence-electron chi connectivity index (χ1n) is 10.00. The summed E-state index contributed by atoms with van der Waals surface area (Å²) in [5.41, 5.74) is 3.80. The Bertz CT molecular complexity index is 1080. The standard InChI is InChI=1S/C23H30N2O4S/c1-15-8-10-21-18(11-15)19(13-23(4,5)29-21)24-22(26)14-25(30(6,27)28)20-12-16(2)7-9-17(20)3/h7-12,19H,13-14H2,1-6H3,(H,24,26)/t19-/m1/s1. The van der Waals surface area contributed by atoms with Crippen LogP contribution in [0.3, 0.4) is 0 Å². The molecule has 0 saturated heterocycles. The molecule has 0 aliphatic carbocycles. The molecule has 0 radical (unpaired) electrons. The Morgan fingerprint density at radius 2 is 1.77 bits per heavy atom. The number of hydrogen-bond acceptors (Lipinski definition) is 4. The zero-order chi connectivity index (χ0) is 22.3. The molecule has 2 aromatic carbocycles. The van der Waals surface area contributed by atoms with E-state index in [2.05, 4.69) is 5.32 Å². The summed E-state index contributed by atoms with van der Waals surface area (Å²) in [4.78, 5) is 13.0. The largest absolute Gasteiger partial charge is 0.487 e. The Morgan fingerprint density at radius 3 is 2.43 bits per heavy atom. The molecule has 2 aromatic rings. The lowest BCUT2D eigenvalue weighted by atomic mass is 9.89. The van der Waals surface area contributed by atoms with Crippen LogP contribution in [0.1, 0.15) is 48.6 Å². The fourth-order valence-electron chi connectivity index (χ4n) is 3.84. The Kier molecular flexibility index (Phi) is 5.87. The fraction of sp³-hybridized carbons (Fsp3) is 0.435. The molecule has 1 heterocycles. The first kappa shape index (κ1) is 22.2. The molecule has 1 amide bonds. The molecule has 3 rings (SSSR count). The molecule has 6 nitrogen and oxygen atoms in total. The first-order chi connectivity index (χ1) is 13.9. The lowest BCUT2D eigenvalue weighted by molar-refractivity contribution is -0.120. The molecule has 1 aliphatic rings. The van der Waals surface area contributed by atoms with E-state index < -0.39 is 15.6 Å². The van der Waals surface area contributed by atoms with Crippen molar-refractivity contribution in [3.05, 3.63) is 58.7 Å². The van der Waals surface area contributed by atoms with Gasteiger partial charge in [-0.3, -0.25) is 9.10 Å². The Morgan fingerprint density at radius 1 is 1.13 bits per heavy atom. The van der Waals surface area contributed by atoms with E-state index >= 15 is 0 Å². The van der Waals surface area contributed by atoms with E-state index in [0.29, 0.717) is 12.1 Å². The van der Waals surface area contributed by atoms with Crippen molar-refractivity contribution in [3.8, 4) is 5.75 Å². The molecular formula is C23H30N2O4S. The topological polar surface area (TPSA) is 75.7 Å². The fourth-order valence-corrected chi connectivity index (χ4v) is 4.75. The summed E-state index contributed by atoms with van der Waals surface area (Å²) in [7, 11) is -3.64. The molecular weight excluding hydrogens is 400 g/mol. The highest BCUT2D eigenvalue weighted by Crippen LogP contribution is 2.39. The van der Waals surface area contributed by atoms with Crippen LogP contribution in [-0.4, -0.2) is 32.7 Å². The summed E-state index contributed by atoms with van der Waals surface area (Å²) in [6.45, 7) is 9.41. The summed E-state index contributed by atoms with van der Waals surface area (Å²) < 4.78 is 32.2. The summed E-state index contributed by atoms with van der Waals surface area (Å²) in [5.74, 6) is 0.396. The number of benzene rings is 2. The van der Waals surface area contributed by atoms with Gasteiger partial charge in [-0.1, -0.05) is 29.8 Å². The predicted molar refractivity (Wildman–Crippen MR) is 119 cm³/mol. The maximum Gasteiger partial charge on any atom is 0.241 e. The van der Waals surface area contributed by atoms with Crippen LogP contribution in [-0.2, 0) is 14.8 Å². The van der Waals surface area contributed by atoms with E-state index in [0.717, 1.165) is 34.3 Å². The summed E-state index contributed by atoms with van der Waals surface area (Å²) >= 11 is 0. The van der Waals surface area contributed by atoms with Gasteiger partial charge in [0.25, 0.3) is 0 Å². The van der Waals surface area contributed by atoms with Crippen LogP contribution >= 0.6 is 0 Å². The second kappa shape index (κ2) is 7.95. The van der Waals surface area contributed by atoms with Gasteiger partial charge in [-0.2, -0.15) is 0 Å². The number of carbonyl (C=O) groups is 1. The van der Waals surface area contributed by atoms with Gasteiger partial charge in [0.2, 0.25) is 15.9 Å². The number of nitrogens with one attached hydrogen (secondary N) is 1. The van der Waals surface area contributed by atoms with Gasteiger partial charge in [0, 0.05) is 12.0 Å². The maximum atomic E-state index is 13.0. The molecule has 0 spiro atoms. The number of rotatable bonds is 5. The third-order valence-corrected chi connectivity index (χ3v) is 6.41. The minimum atomic E-state index is -3.64. The number of amides is 1. The van der Waals surface area contributed by atoms with Crippen LogP contribution in [0.4, 0.5) is 5.69 Å². The molecule has 1 aliphatic heterocycles. The normalized spacial score (nSPS) is 17.6. The third kappa shape index (κ3) is 4.95. The van der Waals surface area contributed by atoms with Crippen LogP contribution < -0.4 is 14.4 Å². The monoisotopic (exact) mass is 430 g/mol. The van der Waals surface area contributed by atoms with Crippen LogP contribution in [0.5, 0.6) is 5.75 Å². The van der Waals surface area contributed by atoms with E-state index in [1.807, 2.05) is 65.0 Å². The molecule has 162 valence electrons. The quantitative estimate of drug-likeness (QED) is 0.783. The molecule has 0 unspecified atom stereocenters. The van der Waals surface area contributed by atoms with Crippen molar-refractivity contribution >= 4 is 21.6 Å². The molecule has 1 atom stereocenters. The van der Waals surface area contributed by atoms with Crippen LogP contribution in [0.15, 0.2) is 36.4 Å². The number of fused-ring (bicyclic) bond motifs is 1. The van der Waals surface area contributed by atoms with Gasteiger partial charge >= 0.3 is 0 Å². The first-order valence-corrected chi connectivity index (χ1v) is 11.8. The van der Waals surface area contributed by atoms with E-state index in [-0.39, 0.29) is 18.5 Å². The highest BCUT2D eigenvalue weighted by molar-refractivity contribution is 7.92. The summed E-state index contributed by atoms with van der Waals surface area (Å²) in [6, 6.07) is 11.2. The van der Waals surface area contributed by atoms with Crippen molar-refractivity contribution in [2.75, 3.05) is 17.1 Å². The van der Waals surface area contributed by atoms with E-state index in [9.17, 15) is 13.2 Å². The van der Waals surface area contributed by atoms with Crippen LogP contribution in [0, 0.1) is 20.8 Å². The number of hydrogen-bond donors (Lipinski definition) is 1. The third-order valence-electron chi connectivity index (χ3n) is 5.28. The summed E-state index contributed by atoms with van der Waals surface area (Å²) in [6.07, 6.45) is 1.72. The van der Waals surface area contributed by atoms with Gasteiger partial charge in [-0.25, -0.2) is 8.42 Å². The molecule has 1 N–H and O–H groups in total. The van der Waals surface area contributed by atoms with Crippen molar-refractivity contribution < 1.29 is 17.9 Å². The van der Waals surface area contributed by atoms with Gasteiger partial charge in [-0.15, -0.1) is 0 Å². The SMILES string of the molecule is Cc1ccc2c(c1)[C@H](NC(=O)CN(c1cc(C)ccc1C)S(C)(=O)=O)CC(C)(C)O2. The van der Waals surface area contributed by atoms with Crippen molar-refractivity contribution in [2.24, 2.45) is 0 Å². The van der Waals surface area contributed by atoms with Crippen molar-refractivity contribution in [1.29, 1.82) is 0 Å².